The maximum Gasteiger partial charge on any atom is 0.108 e. The van der Waals surface area contributed by atoms with Crippen molar-refractivity contribution >= 4 is 25.9 Å². The Labute approximate surface area is 167 Å². The van der Waals surface area contributed by atoms with E-state index in [0.717, 1.165) is 11.3 Å². The lowest BCUT2D eigenvalue weighted by molar-refractivity contribution is 0.586. The zero-order valence-electron chi connectivity index (χ0n) is 15.3. The largest absolute Gasteiger partial charge is 0.326 e. The van der Waals surface area contributed by atoms with Gasteiger partial charge in [-0.1, -0.05) is 96.8 Å². The minimum Gasteiger partial charge on any atom is -0.326 e. The van der Waals surface area contributed by atoms with E-state index in [1.165, 1.54) is 16.3 Å². The minimum atomic E-state index is -1.57. The number of rotatable bonds is 5. The van der Waals surface area contributed by atoms with Gasteiger partial charge in [0.05, 0.1) is 11.5 Å². The molecule has 2 nitrogen and oxygen atoms in total. The number of imidazole rings is 1. The molecule has 0 bridgehead atoms. The molecule has 1 aliphatic carbocycles. The summed E-state index contributed by atoms with van der Waals surface area (Å²) in [6.07, 6.45) is 13.5. The third-order valence-corrected chi connectivity index (χ3v) is 9.42. The lowest BCUT2D eigenvalue weighted by Gasteiger charge is -2.42. The highest BCUT2D eigenvalue weighted by molar-refractivity contribution is 7.80. The summed E-state index contributed by atoms with van der Waals surface area (Å²) in [7, 11) is -1.57. The summed E-state index contributed by atoms with van der Waals surface area (Å²) in [6, 6.07) is 21.7. The topological polar surface area (TPSA) is 17.8 Å². The van der Waals surface area contributed by atoms with Crippen LogP contribution >= 0.6 is 12.2 Å². The van der Waals surface area contributed by atoms with Crippen LogP contribution in [0.5, 0.6) is 0 Å². The second-order valence-corrected chi connectivity index (χ2v) is 10.4. The van der Waals surface area contributed by atoms with Crippen molar-refractivity contribution in [2.45, 2.75) is 18.1 Å². The molecule has 0 N–H and O–H groups in total. The van der Waals surface area contributed by atoms with Gasteiger partial charge in [0, 0.05) is 23.7 Å². The zero-order chi connectivity index (χ0) is 18.7. The van der Waals surface area contributed by atoms with Crippen LogP contribution in [0.1, 0.15) is 17.5 Å². The average Bonchev–Trinajstić information content (AvgIpc) is 3.26. The van der Waals surface area contributed by atoms with Gasteiger partial charge in [-0.3, -0.25) is 0 Å². The van der Waals surface area contributed by atoms with Crippen molar-refractivity contribution in [2.24, 2.45) is 0 Å². The fourth-order valence-electron chi connectivity index (χ4n) is 4.15. The van der Waals surface area contributed by atoms with Crippen LogP contribution in [0.3, 0.4) is 0 Å². The van der Waals surface area contributed by atoms with Gasteiger partial charge in [0.25, 0.3) is 0 Å². The molecule has 2 aromatic carbocycles. The third-order valence-electron chi connectivity index (χ3n) is 5.47. The Kier molecular flexibility index (Phi) is 5.01. The number of hydrogen-bond donors (Lipinski definition) is 0. The van der Waals surface area contributed by atoms with Gasteiger partial charge in [-0.25, -0.2) is 4.98 Å². The van der Waals surface area contributed by atoms with Crippen molar-refractivity contribution in [3.8, 4) is 0 Å². The molecule has 0 saturated carbocycles. The van der Waals surface area contributed by atoms with E-state index in [1.807, 2.05) is 12.5 Å². The highest BCUT2D eigenvalue weighted by atomic mass is 32.1. The van der Waals surface area contributed by atoms with Crippen molar-refractivity contribution in [3.05, 3.63) is 114 Å². The second-order valence-electron chi connectivity index (χ2n) is 6.90. The first-order valence-electron chi connectivity index (χ1n) is 9.23. The molecule has 1 aliphatic rings. The second kappa shape index (κ2) is 7.59. The van der Waals surface area contributed by atoms with Gasteiger partial charge in [-0.15, -0.1) is 0 Å². The highest BCUT2D eigenvalue weighted by Crippen LogP contribution is 2.39. The van der Waals surface area contributed by atoms with Crippen LogP contribution in [-0.2, 0) is 5.16 Å². The van der Waals surface area contributed by atoms with Gasteiger partial charge in [0.2, 0.25) is 0 Å². The van der Waals surface area contributed by atoms with E-state index in [-0.39, 0.29) is 5.16 Å². The summed E-state index contributed by atoms with van der Waals surface area (Å²) in [5, 5.41) is 1.18. The van der Waals surface area contributed by atoms with Gasteiger partial charge in [0.15, 0.2) is 0 Å². The summed E-state index contributed by atoms with van der Waals surface area (Å²) < 4.78 is 2.30. The Morgan fingerprint density at radius 1 is 0.963 bits per heavy atom. The summed E-state index contributed by atoms with van der Waals surface area (Å²) in [5.41, 5.74) is 2.60. The Bertz CT molecular complexity index is 936. The van der Waals surface area contributed by atoms with Crippen LogP contribution in [0.4, 0.5) is 0 Å². The summed E-state index contributed by atoms with van der Waals surface area (Å²) >= 11 is 5.37. The predicted octanol–water partition coefficient (Wildman–Crippen LogP) is 4.87. The standard InChI is InChI=1S/C23H22N2SSi/c1-27(22-14-12-21(26)13-15-22)23(25-17-16-24-18-25,19-8-4-2-5-9-19)20-10-6-3-7-11-20/h2-12,14-18,27H,13H2,1H3. The number of hydrogen-bond acceptors (Lipinski definition) is 2. The van der Waals surface area contributed by atoms with E-state index < -0.39 is 8.80 Å². The Hall–Kier alpha value is -2.56. The SMILES string of the molecule is C[SiH](C1=CCC(=S)C=C1)C(c1ccccc1)(c1ccccc1)n1ccnc1. The molecule has 1 unspecified atom stereocenters. The molecule has 134 valence electrons. The molecule has 1 heterocycles. The molecular formula is C23H22N2SSi. The Morgan fingerprint density at radius 3 is 2.07 bits per heavy atom. The third kappa shape index (κ3) is 3.15. The van der Waals surface area contributed by atoms with Crippen molar-refractivity contribution in [3.63, 3.8) is 0 Å². The van der Waals surface area contributed by atoms with Gasteiger partial charge in [-0.2, -0.15) is 0 Å². The van der Waals surface area contributed by atoms with Crippen LogP contribution in [0, 0.1) is 0 Å². The molecule has 4 rings (SSSR count). The first-order chi connectivity index (χ1) is 13.2. The van der Waals surface area contributed by atoms with E-state index in [4.69, 9.17) is 12.2 Å². The predicted molar refractivity (Wildman–Crippen MR) is 119 cm³/mol. The molecule has 0 amide bonds. The minimum absolute atomic E-state index is 0.256. The Balaban J connectivity index is 1.99. The van der Waals surface area contributed by atoms with E-state index in [2.05, 4.69) is 101 Å². The maximum atomic E-state index is 5.37. The first kappa shape index (κ1) is 17.8. The lowest BCUT2D eigenvalue weighted by atomic mass is 9.97. The van der Waals surface area contributed by atoms with E-state index in [1.54, 1.807) is 0 Å². The Morgan fingerprint density at radius 2 is 1.59 bits per heavy atom. The molecule has 0 fully saturated rings. The molecule has 1 atom stereocenters. The maximum absolute atomic E-state index is 5.37. The van der Waals surface area contributed by atoms with Crippen molar-refractivity contribution < 1.29 is 0 Å². The molecular weight excluding hydrogens is 364 g/mol. The van der Waals surface area contributed by atoms with E-state index >= 15 is 0 Å². The fraction of sp³-hybridized carbons (Fsp3) is 0.130. The van der Waals surface area contributed by atoms with E-state index in [0.29, 0.717) is 0 Å². The summed E-state index contributed by atoms with van der Waals surface area (Å²) in [4.78, 5) is 5.41. The molecule has 27 heavy (non-hydrogen) atoms. The molecule has 0 aliphatic heterocycles. The normalized spacial score (nSPS) is 15.4. The molecule has 4 heteroatoms. The van der Waals surface area contributed by atoms with Crippen LogP contribution in [0.25, 0.3) is 0 Å². The monoisotopic (exact) mass is 386 g/mol. The quantitative estimate of drug-likeness (QED) is 0.460. The number of aromatic nitrogens is 2. The van der Waals surface area contributed by atoms with Crippen molar-refractivity contribution in [1.82, 2.24) is 9.55 Å². The van der Waals surface area contributed by atoms with Gasteiger partial charge in [-0.05, 0) is 17.2 Å². The molecule has 1 aromatic heterocycles. The summed E-state index contributed by atoms with van der Waals surface area (Å²) in [6.45, 7) is 2.44. The fourth-order valence-corrected chi connectivity index (χ4v) is 7.62. The molecule has 0 spiro atoms. The van der Waals surface area contributed by atoms with Gasteiger partial charge in [0.1, 0.15) is 8.80 Å². The van der Waals surface area contributed by atoms with Gasteiger partial charge < -0.3 is 4.57 Å². The molecule has 0 radical (unpaired) electrons. The van der Waals surface area contributed by atoms with E-state index in [9.17, 15) is 0 Å². The molecule has 0 saturated heterocycles. The van der Waals surface area contributed by atoms with Gasteiger partial charge >= 0.3 is 0 Å². The lowest BCUT2D eigenvalue weighted by Crippen LogP contribution is -2.49. The van der Waals surface area contributed by atoms with Crippen molar-refractivity contribution in [2.75, 3.05) is 0 Å². The highest BCUT2D eigenvalue weighted by Gasteiger charge is 2.43. The first-order valence-corrected chi connectivity index (χ1v) is 11.9. The van der Waals surface area contributed by atoms with Crippen LogP contribution in [0.2, 0.25) is 6.55 Å². The zero-order valence-corrected chi connectivity index (χ0v) is 17.3. The van der Waals surface area contributed by atoms with Crippen LogP contribution in [0.15, 0.2) is 103 Å². The number of benzene rings is 2. The summed E-state index contributed by atoms with van der Waals surface area (Å²) in [5.74, 6) is 0. The average molecular weight is 387 g/mol. The number of thiocarbonyl (C=S) groups is 1. The molecule has 3 aromatic rings. The smallest absolute Gasteiger partial charge is 0.108 e. The van der Waals surface area contributed by atoms with Crippen LogP contribution < -0.4 is 0 Å². The van der Waals surface area contributed by atoms with Crippen molar-refractivity contribution in [1.29, 1.82) is 0 Å². The number of nitrogens with zero attached hydrogens (tertiary/aromatic N) is 2. The number of allylic oxidation sites excluding steroid dienone is 4. The van der Waals surface area contributed by atoms with Crippen LogP contribution in [-0.4, -0.2) is 23.2 Å².